The van der Waals surface area contributed by atoms with Gasteiger partial charge in [0.2, 0.25) is 5.91 Å². The molecule has 0 saturated carbocycles. The number of rotatable bonds is 1. The number of benzene rings is 1. The Labute approximate surface area is 113 Å². The van der Waals surface area contributed by atoms with E-state index >= 15 is 0 Å². The fourth-order valence-electron chi connectivity index (χ4n) is 2.89. The first kappa shape index (κ1) is 12.6. The van der Waals surface area contributed by atoms with E-state index in [9.17, 15) is 4.79 Å². The summed E-state index contributed by atoms with van der Waals surface area (Å²) in [5, 5.41) is 3.55. The number of amides is 1. The Morgan fingerprint density at radius 2 is 2.16 bits per heavy atom. The Bertz CT molecular complexity index is 501. The van der Waals surface area contributed by atoms with Crippen molar-refractivity contribution in [1.82, 2.24) is 5.32 Å². The van der Waals surface area contributed by atoms with Crippen molar-refractivity contribution in [2.24, 2.45) is 0 Å². The number of morpholine rings is 1. The van der Waals surface area contributed by atoms with Gasteiger partial charge in [0.25, 0.3) is 0 Å². The molecule has 1 aromatic carbocycles. The highest BCUT2D eigenvalue weighted by Gasteiger charge is 2.24. The summed E-state index contributed by atoms with van der Waals surface area (Å²) < 4.78 is 5.60. The van der Waals surface area contributed by atoms with Crippen LogP contribution in [0.2, 0.25) is 0 Å². The highest BCUT2D eigenvalue weighted by atomic mass is 16.5. The minimum Gasteiger partial charge on any atom is -0.378 e. The standard InChI is InChI=1S/C15H20N2O2/c1-10-8-19-9-13(16-10)11-3-5-14-12(7-11)4-6-15(18)17(14)2/h3,5,7,10,13,16H,4,6,8-9H2,1-2H3. The molecule has 19 heavy (non-hydrogen) atoms. The fourth-order valence-corrected chi connectivity index (χ4v) is 2.89. The highest BCUT2D eigenvalue weighted by Crippen LogP contribution is 2.30. The van der Waals surface area contributed by atoms with E-state index < -0.39 is 0 Å². The Hall–Kier alpha value is -1.39. The molecule has 1 saturated heterocycles. The Morgan fingerprint density at radius 1 is 1.32 bits per heavy atom. The zero-order chi connectivity index (χ0) is 13.4. The Balaban J connectivity index is 1.87. The van der Waals surface area contributed by atoms with Gasteiger partial charge in [-0.1, -0.05) is 12.1 Å². The summed E-state index contributed by atoms with van der Waals surface area (Å²) in [5.74, 6) is 0.202. The molecule has 1 amide bonds. The Kier molecular flexibility index (Phi) is 3.29. The molecule has 2 aliphatic heterocycles. The third-order valence-corrected chi connectivity index (χ3v) is 3.99. The predicted molar refractivity (Wildman–Crippen MR) is 74.3 cm³/mol. The molecule has 2 aliphatic rings. The number of fused-ring (bicyclic) bond motifs is 1. The van der Waals surface area contributed by atoms with E-state index in [1.54, 1.807) is 4.90 Å². The summed E-state index contributed by atoms with van der Waals surface area (Å²) >= 11 is 0. The summed E-state index contributed by atoms with van der Waals surface area (Å²) in [4.78, 5) is 13.4. The SMILES string of the molecule is CC1COCC(c2ccc3c(c2)CCC(=O)N3C)N1. The zero-order valence-corrected chi connectivity index (χ0v) is 11.5. The summed E-state index contributed by atoms with van der Waals surface area (Å²) in [6, 6.07) is 7.03. The second kappa shape index (κ2) is 4.94. The fraction of sp³-hybridized carbons (Fsp3) is 0.533. The van der Waals surface area contributed by atoms with Crippen LogP contribution in [0.15, 0.2) is 18.2 Å². The molecule has 2 atom stereocenters. The van der Waals surface area contributed by atoms with Crippen molar-refractivity contribution in [1.29, 1.82) is 0 Å². The highest BCUT2D eigenvalue weighted by molar-refractivity contribution is 5.95. The largest absolute Gasteiger partial charge is 0.378 e. The van der Waals surface area contributed by atoms with Gasteiger partial charge in [-0.05, 0) is 30.5 Å². The van der Waals surface area contributed by atoms with Crippen LogP contribution in [0.4, 0.5) is 5.69 Å². The number of carbonyl (C=O) groups is 1. The van der Waals surface area contributed by atoms with Crippen molar-refractivity contribution < 1.29 is 9.53 Å². The number of hydrogen-bond donors (Lipinski definition) is 1. The average molecular weight is 260 g/mol. The molecule has 2 heterocycles. The molecule has 4 nitrogen and oxygen atoms in total. The van der Waals surface area contributed by atoms with Crippen LogP contribution in [0.25, 0.3) is 0 Å². The van der Waals surface area contributed by atoms with Gasteiger partial charge in [-0.3, -0.25) is 4.79 Å². The molecule has 0 aromatic heterocycles. The molecule has 0 spiro atoms. The summed E-state index contributed by atoms with van der Waals surface area (Å²) in [6.07, 6.45) is 1.45. The number of nitrogens with one attached hydrogen (secondary N) is 1. The van der Waals surface area contributed by atoms with E-state index in [0.29, 0.717) is 12.5 Å². The summed E-state index contributed by atoms with van der Waals surface area (Å²) in [6.45, 7) is 3.63. The Morgan fingerprint density at radius 3 is 2.95 bits per heavy atom. The molecule has 3 rings (SSSR count). The normalized spacial score (nSPS) is 27.3. The number of ether oxygens (including phenoxy) is 1. The molecule has 0 bridgehead atoms. The quantitative estimate of drug-likeness (QED) is 0.834. The van der Waals surface area contributed by atoms with Gasteiger partial charge in [0.1, 0.15) is 0 Å². The lowest BCUT2D eigenvalue weighted by Gasteiger charge is -2.31. The summed E-state index contributed by atoms with van der Waals surface area (Å²) in [5.41, 5.74) is 3.57. The van der Waals surface area contributed by atoms with Crippen LogP contribution in [-0.2, 0) is 16.0 Å². The van der Waals surface area contributed by atoms with Gasteiger partial charge >= 0.3 is 0 Å². The molecule has 0 aliphatic carbocycles. The van der Waals surface area contributed by atoms with Crippen molar-refractivity contribution in [2.45, 2.75) is 31.8 Å². The van der Waals surface area contributed by atoms with Crippen molar-refractivity contribution in [3.8, 4) is 0 Å². The maximum absolute atomic E-state index is 11.7. The third-order valence-electron chi connectivity index (χ3n) is 3.99. The lowest BCUT2D eigenvalue weighted by molar-refractivity contribution is -0.118. The van der Waals surface area contributed by atoms with Gasteiger partial charge in [-0.25, -0.2) is 0 Å². The minimum absolute atomic E-state index is 0.202. The van der Waals surface area contributed by atoms with E-state index in [1.165, 1.54) is 11.1 Å². The van der Waals surface area contributed by atoms with Crippen LogP contribution in [0.3, 0.4) is 0 Å². The monoisotopic (exact) mass is 260 g/mol. The smallest absolute Gasteiger partial charge is 0.227 e. The minimum atomic E-state index is 0.202. The molecule has 4 heteroatoms. The van der Waals surface area contributed by atoms with E-state index in [4.69, 9.17) is 4.74 Å². The third kappa shape index (κ3) is 2.38. The number of hydrogen-bond acceptors (Lipinski definition) is 3. The number of aryl methyl sites for hydroxylation is 1. The molecule has 2 unspecified atom stereocenters. The topological polar surface area (TPSA) is 41.6 Å². The van der Waals surface area contributed by atoms with Crippen LogP contribution < -0.4 is 10.2 Å². The zero-order valence-electron chi connectivity index (χ0n) is 11.5. The molecule has 102 valence electrons. The molecule has 1 fully saturated rings. The van der Waals surface area contributed by atoms with Gasteiger partial charge in [0, 0.05) is 25.2 Å². The van der Waals surface area contributed by atoms with Crippen molar-refractivity contribution in [3.63, 3.8) is 0 Å². The molecule has 1 N–H and O–H groups in total. The van der Waals surface area contributed by atoms with Gasteiger partial charge in [0.15, 0.2) is 0 Å². The first-order chi connectivity index (χ1) is 9.15. The van der Waals surface area contributed by atoms with Crippen molar-refractivity contribution in [3.05, 3.63) is 29.3 Å². The summed E-state index contributed by atoms with van der Waals surface area (Å²) in [7, 11) is 1.85. The van der Waals surface area contributed by atoms with Crippen LogP contribution in [0.1, 0.15) is 30.5 Å². The first-order valence-electron chi connectivity index (χ1n) is 6.88. The van der Waals surface area contributed by atoms with E-state index in [-0.39, 0.29) is 11.9 Å². The van der Waals surface area contributed by atoms with Crippen LogP contribution >= 0.6 is 0 Å². The molecule has 0 radical (unpaired) electrons. The van der Waals surface area contributed by atoms with Crippen molar-refractivity contribution >= 4 is 11.6 Å². The lowest BCUT2D eigenvalue weighted by atomic mass is 9.96. The predicted octanol–water partition coefficient (Wildman–Crippen LogP) is 1.65. The molecular formula is C15H20N2O2. The van der Waals surface area contributed by atoms with Gasteiger partial charge < -0.3 is 15.0 Å². The number of nitrogens with zero attached hydrogens (tertiary/aromatic N) is 1. The van der Waals surface area contributed by atoms with E-state index in [0.717, 1.165) is 25.3 Å². The molecular weight excluding hydrogens is 240 g/mol. The van der Waals surface area contributed by atoms with Gasteiger partial charge in [-0.2, -0.15) is 0 Å². The second-order valence-corrected chi connectivity index (χ2v) is 5.50. The second-order valence-electron chi connectivity index (χ2n) is 5.50. The van der Waals surface area contributed by atoms with Crippen LogP contribution in [-0.4, -0.2) is 32.2 Å². The maximum Gasteiger partial charge on any atom is 0.227 e. The average Bonchev–Trinajstić information content (AvgIpc) is 2.43. The van der Waals surface area contributed by atoms with Gasteiger partial charge in [0.05, 0.1) is 19.3 Å². The number of anilines is 1. The first-order valence-corrected chi connectivity index (χ1v) is 6.88. The molecule has 1 aromatic rings. The van der Waals surface area contributed by atoms with Crippen LogP contribution in [0.5, 0.6) is 0 Å². The van der Waals surface area contributed by atoms with Crippen molar-refractivity contribution in [2.75, 3.05) is 25.2 Å². The van der Waals surface area contributed by atoms with E-state index in [2.05, 4.69) is 30.4 Å². The van der Waals surface area contributed by atoms with E-state index in [1.807, 2.05) is 7.05 Å². The lowest BCUT2D eigenvalue weighted by Crippen LogP contribution is -2.41. The number of carbonyl (C=O) groups excluding carboxylic acids is 1. The maximum atomic E-state index is 11.7. The van der Waals surface area contributed by atoms with Gasteiger partial charge in [-0.15, -0.1) is 0 Å². The van der Waals surface area contributed by atoms with Crippen LogP contribution in [0, 0.1) is 0 Å².